The molecule has 116 valence electrons. The molecule has 0 saturated carbocycles. The Labute approximate surface area is 127 Å². The number of hydrogen-bond donors (Lipinski definition) is 1. The topological polar surface area (TPSA) is 34.4 Å². The lowest BCUT2D eigenvalue weighted by atomic mass is 10.0. The molecule has 0 aliphatic heterocycles. The molecule has 0 unspecified atom stereocenters. The van der Waals surface area contributed by atoms with Gasteiger partial charge in [-0.2, -0.15) is 0 Å². The Morgan fingerprint density at radius 2 is 1.95 bits per heavy atom. The van der Waals surface area contributed by atoms with Crippen molar-refractivity contribution in [2.24, 2.45) is 5.92 Å². The van der Waals surface area contributed by atoms with Gasteiger partial charge in [-0.05, 0) is 36.1 Å². The van der Waals surface area contributed by atoms with Crippen molar-refractivity contribution in [3.05, 3.63) is 35.1 Å². The van der Waals surface area contributed by atoms with Crippen LogP contribution in [0.1, 0.15) is 50.5 Å². The van der Waals surface area contributed by atoms with Crippen molar-refractivity contribution in [1.82, 2.24) is 5.32 Å². The van der Waals surface area contributed by atoms with Crippen LogP contribution < -0.4 is 5.32 Å². The first-order chi connectivity index (χ1) is 10.0. The van der Waals surface area contributed by atoms with Gasteiger partial charge in [-0.3, -0.25) is 0 Å². The molecule has 1 aromatic carbocycles. The van der Waals surface area contributed by atoms with E-state index in [9.17, 15) is 0 Å². The molecule has 1 N–H and O–H groups in total. The quantitative estimate of drug-likeness (QED) is 0.818. The smallest absolute Gasteiger partial charge is 0.134 e. The third-order valence-corrected chi connectivity index (χ3v) is 3.69. The maximum Gasteiger partial charge on any atom is 0.134 e. The third kappa shape index (κ3) is 3.86. The van der Waals surface area contributed by atoms with Gasteiger partial charge in [0.2, 0.25) is 0 Å². The molecule has 2 aromatic rings. The summed E-state index contributed by atoms with van der Waals surface area (Å²) in [5.74, 6) is 2.14. The second kappa shape index (κ2) is 7.10. The van der Waals surface area contributed by atoms with Gasteiger partial charge in [-0.1, -0.05) is 33.8 Å². The van der Waals surface area contributed by atoms with Gasteiger partial charge in [0.1, 0.15) is 11.3 Å². The van der Waals surface area contributed by atoms with E-state index in [4.69, 9.17) is 9.15 Å². The minimum Gasteiger partial charge on any atom is -0.459 e. The summed E-state index contributed by atoms with van der Waals surface area (Å²) in [5.41, 5.74) is 3.46. The van der Waals surface area contributed by atoms with Crippen molar-refractivity contribution >= 4 is 11.0 Å². The Bertz CT molecular complexity index is 584. The highest BCUT2D eigenvalue weighted by molar-refractivity contribution is 5.83. The maximum atomic E-state index is 6.03. The standard InChI is InChI=1S/C18H27NO2/c1-12(2)9-19-10-18-16(11-20-5)15-8-14(13(3)4)6-7-17(15)21-18/h6-8,12-13,19H,9-11H2,1-5H3. The van der Waals surface area contributed by atoms with Crippen molar-refractivity contribution < 1.29 is 9.15 Å². The Morgan fingerprint density at radius 1 is 1.19 bits per heavy atom. The van der Waals surface area contributed by atoms with E-state index in [0.29, 0.717) is 18.4 Å². The molecule has 0 amide bonds. The first-order valence-corrected chi connectivity index (χ1v) is 7.76. The van der Waals surface area contributed by atoms with Crippen LogP contribution in [0.2, 0.25) is 0 Å². The lowest BCUT2D eigenvalue weighted by Crippen LogP contribution is -2.19. The number of benzene rings is 1. The predicted octanol–water partition coefficient (Wildman–Crippen LogP) is 4.45. The maximum absolute atomic E-state index is 6.03. The monoisotopic (exact) mass is 289 g/mol. The summed E-state index contributed by atoms with van der Waals surface area (Å²) in [6.07, 6.45) is 0. The minimum atomic E-state index is 0.516. The van der Waals surface area contributed by atoms with Crippen LogP contribution in [0.15, 0.2) is 22.6 Å². The number of furan rings is 1. The number of rotatable bonds is 7. The highest BCUT2D eigenvalue weighted by atomic mass is 16.5. The minimum absolute atomic E-state index is 0.516. The van der Waals surface area contributed by atoms with Crippen molar-refractivity contribution in [2.45, 2.75) is 46.8 Å². The Balaban J connectivity index is 2.33. The molecule has 0 saturated heterocycles. The fourth-order valence-electron chi connectivity index (χ4n) is 2.50. The molecule has 0 spiro atoms. The molecule has 1 heterocycles. The average Bonchev–Trinajstić information content (AvgIpc) is 2.76. The molecule has 0 aliphatic rings. The number of nitrogens with one attached hydrogen (secondary N) is 1. The third-order valence-electron chi connectivity index (χ3n) is 3.69. The van der Waals surface area contributed by atoms with Crippen LogP contribution in [-0.4, -0.2) is 13.7 Å². The molecule has 1 aromatic heterocycles. The first kappa shape index (κ1) is 16.1. The summed E-state index contributed by atoms with van der Waals surface area (Å²) in [4.78, 5) is 0. The second-order valence-corrected chi connectivity index (χ2v) is 6.37. The zero-order chi connectivity index (χ0) is 15.4. The number of methoxy groups -OCH3 is 1. The lowest BCUT2D eigenvalue weighted by molar-refractivity contribution is 0.183. The van der Waals surface area contributed by atoms with Crippen LogP contribution in [0.5, 0.6) is 0 Å². The zero-order valence-electron chi connectivity index (χ0n) is 13.8. The number of hydrogen-bond acceptors (Lipinski definition) is 3. The summed E-state index contributed by atoms with van der Waals surface area (Å²) in [7, 11) is 1.73. The second-order valence-electron chi connectivity index (χ2n) is 6.37. The summed E-state index contributed by atoms with van der Waals surface area (Å²) < 4.78 is 11.4. The largest absolute Gasteiger partial charge is 0.459 e. The molecular weight excluding hydrogens is 262 g/mol. The van der Waals surface area contributed by atoms with E-state index in [1.54, 1.807) is 7.11 Å². The molecule has 0 bridgehead atoms. The van der Waals surface area contributed by atoms with Gasteiger partial charge in [-0.25, -0.2) is 0 Å². The van der Waals surface area contributed by atoms with E-state index in [1.807, 2.05) is 0 Å². The van der Waals surface area contributed by atoms with Crippen molar-refractivity contribution in [3.63, 3.8) is 0 Å². The van der Waals surface area contributed by atoms with Crippen LogP contribution in [0.3, 0.4) is 0 Å². The van der Waals surface area contributed by atoms with E-state index >= 15 is 0 Å². The molecule has 0 aliphatic carbocycles. The van der Waals surface area contributed by atoms with Gasteiger partial charge >= 0.3 is 0 Å². The molecule has 3 nitrogen and oxygen atoms in total. The van der Waals surface area contributed by atoms with E-state index in [2.05, 4.69) is 51.2 Å². The SMILES string of the molecule is COCc1c(CNCC(C)C)oc2ccc(C(C)C)cc12. The van der Waals surface area contributed by atoms with Crippen molar-refractivity contribution in [2.75, 3.05) is 13.7 Å². The Hall–Kier alpha value is -1.32. The van der Waals surface area contributed by atoms with Gasteiger partial charge in [-0.15, -0.1) is 0 Å². The van der Waals surface area contributed by atoms with E-state index in [1.165, 1.54) is 16.5 Å². The van der Waals surface area contributed by atoms with Crippen molar-refractivity contribution in [1.29, 1.82) is 0 Å². The predicted molar refractivity (Wildman–Crippen MR) is 87.6 cm³/mol. The van der Waals surface area contributed by atoms with Crippen LogP contribution in [0.4, 0.5) is 0 Å². The van der Waals surface area contributed by atoms with E-state index in [-0.39, 0.29) is 0 Å². The van der Waals surface area contributed by atoms with Gasteiger partial charge in [0, 0.05) is 18.1 Å². The average molecular weight is 289 g/mol. The molecule has 0 fully saturated rings. The number of ether oxygens (including phenoxy) is 1. The number of fused-ring (bicyclic) bond motifs is 1. The summed E-state index contributed by atoms with van der Waals surface area (Å²) in [6, 6.07) is 6.47. The van der Waals surface area contributed by atoms with Gasteiger partial charge in [0.15, 0.2) is 0 Å². The zero-order valence-corrected chi connectivity index (χ0v) is 13.8. The lowest BCUT2D eigenvalue weighted by Gasteiger charge is -2.07. The summed E-state index contributed by atoms with van der Waals surface area (Å²) in [6.45, 7) is 11.2. The normalized spacial score (nSPS) is 12.0. The summed E-state index contributed by atoms with van der Waals surface area (Å²) >= 11 is 0. The summed E-state index contributed by atoms with van der Waals surface area (Å²) in [5, 5.41) is 4.63. The molecule has 21 heavy (non-hydrogen) atoms. The van der Waals surface area contributed by atoms with Gasteiger partial charge in [0.25, 0.3) is 0 Å². The van der Waals surface area contributed by atoms with Gasteiger partial charge in [0.05, 0.1) is 13.2 Å². The Kier molecular flexibility index (Phi) is 5.43. The fraction of sp³-hybridized carbons (Fsp3) is 0.556. The molecular formula is C18H27NO2. The molecule has 3 heteroatoms. The van der Waals surface area contributed by atoms with Crippen LogP contribution in [0, 0.1) is 5.92 Å². The Morgan fingerprint density at radius 3 is 2.57 bits per heavy atom. The van der Waals surface area contributed by atoms with Crippen molar-refractivity contribution in [3.8, 4) is 0 Å². The van der Waals surface area contributed by atoms with Gasteiger partial charge < -0.3 is 14.5 Å². The fourth-order valence-corrected chi connectivity index (χ4v) is 2.50. The van der Waals surface area contributed by atoms with E-state index in [0.717, 1.165) is 24.4 Å². The van der Waals surface area contributed by atoms with Crippen LogP contribution in [0.25, 0.3) is 11.0 Å². The van der Waals surface area contributed by atoms with Crippen LogP contribution >= 0.6 is 0 Å². The van der Waals surface area contributed by atoms with Crippen LogP contribution in [-0.2, 0) is 17.9 Å². The molecule has 2 rings (SSSR count). The molecule has 0 atom stereocenters. The molecule has 0 radical (unpaired) electrons. The first-order valence-electron chi connectivity index (χ1n) is 7.76. The highest BCUT2D eigenvalue weighted by Gasteiger charge is 2.15. The van der Waals surface area contributed by atoms with E-state index < -0.39 is 0 Å². The highest BCUT2D eigenvalue weighted by Crippen LogP contribution is 2.29.